The Morgan fingerprint density at radius 3 is 2.96 bits per heavy atom. The van der Waals surface area contributed by atoms with Gasteiger partial charge in [-0.05, 0) is 64.0 Å². The van der Waals surface area contributed by atoms with Crippen LogP contribution in [0, 0.1) is 5.92 Å². The average molecular weight is 402 g/mol. The van der Waals surface area contributed by atoms with Crippen LogP contribution in [0.5, 0.6) is 0 Å². The van der Waals surface area contributed by atoms with Crippen molar-refractivity contribution in [1.82, 2.24) is 15.2 Å². The quantitative estimate of drug-likeness (QED) is 0.836. The zero-order valence-corrected chi connectivity index (χ0v) is 17.5. The molecular formula is C21H27N3O3S. The highest BCUT2D eigenvalue weighted by molar-refractivity contribution is 7.20. The van der Waals surface area contributed by atoms with Crippen LogP contribution in [0.15, 0.2) is 24.5 Å². The van der Waals surface area contributed by atoms with E-state index >= 15 is 0 Å². The van der Waals surface area contributed by atoms with E-state index in [9.17, 15) is 9.59 Å². The SMILES string of the molecule is CC(C)(C)OC(=O)N1CCCCC12CC2CNC(=O)c1cc2ccncc2s1. The van der Waals surface area contributed by atoms with Crippen molar-refractivity contribution in [2.45, 2.75) is 57.6 Å². The Bertz CT molecular complexity index is 871. The van der Waals surface area contributed by atoms with Crippen LogP contribution in [-0.2, 0) is 4.74 Å². The van der Waals surface area contributed by atoms with Crippen molar-refractivity contribution in [3.05, 3.63) is 29.4 Å². The molecule has 150 valence electrons. The number of ether oxygens (including phenoxy) is 1. The van der Waals surface area contributed by atoms with Crippen molar-refractivity contribution in [2.75, 3.05) is 13.1 Å². The van der Waals surface area contributed by atoms with Crippen molar-refractivity contribution in [3.63, 3.8) is 0 Å². The molecule has 2 fully saturated rings. The third kappa shape index (κ3) is 3.72. The van der Waals surface area contributed by atoms with Gasteiger partial charge in [-0.15, -0.1) is 11.3 Å². The molecule has 1 aliphatic carbocycles. The number of nitrogens with zero attached hydrogens (tertiary/aromatic N) is 2. The highest BCUT2D eigenvalue weighted by Crippen LogP contribution is 2.54. The first-order valence-electron chi connectivity index (χ1n) is 9.91. The van der Waals surface area contributed by atoms with Gasteiger partial charge in [0.15, 0.2) is 0 Å². The predicted octanol–water partition coefficient (Wildman–Crippen LogP) is 4.21. The van der Waals surface area contributed by atoms with Crippen LogP contribution in [0.25, 0.3) is 10.1 Å². The minimum Gasteiger partial charge on any atom is -0.444 e. The van der Waals surface area contributed by atoms with Gasteiger partial charge in [-0.2, -0.15) is 0 Å². The van der Waals surface area contributed by atoms with Gasteiger partial charge in [0.1, 0.15) is 5.60 Å². The molecule has 1 spiro atoms. The van der Waals surface area contributed by atoms with E-state index in [-0.39, 0.29) is 17.5 Å². The fraction of sp³-hybridized carbons (Fsp3) is 0.571. The lowest BCUT2D eigenvalue weighted by Crippen LogP contribution is -2.49. The number of hydrogen-bond acceptors (Lipinski definition) is 5. The standard InChI is InChI=1S/C21H27N3O3S/c1-20(2,3)27-19(26)24-9-5-4-7-21(24)11-15(21)12-23-18(25)16-10-14-6-8-22-13-17(14)28-16/h6,8,10,13,15H,4-5,7,9,11-12H2,1-3H3,(H,23,25). The minimum absolute atomic E-state index is 0.0529. The molecule has 6 nitrogen and oxygen atoms in total. The normalized spacial score (nSPS) is 24.4. The summed E-state index contributed by atoms with van der Waals surface area (Å²) in [6, 6.07) is 3.83. The van der Waals surface area contributed by atoms with E-state index in [4.69, 9.17) is 4.74 Å². The van der Waals surface area contributed by atoms with Gasteiger partial charge >= 0.3 is 6.09 Å². The number of piperidine rings is 1. The number of carbonyl (C=O) groups excluding carboxylic acids is 2. The van der Waals surface area contributed by atoms with Crippen LogP contribution in [0.3, 0.4) is 0 Å². The third-order valence-corrected chi connectivity index (χ3v) is 6.73. The number of pyridine rings is 1. The lowest BCUT2D eigenvalue weighted by Gasteiger charge is -2.38. The van der Waals surface area contributed by atoms with Crippen molar-refractivity contribution >= 4 is 33.4 Å². The number of fused-ring (bicyclic) bond motifs is 1. The van der Waals surface area contributed by atoms with Crippen LogP contribution in [0.2, 0.25) is 0 Å². The van der Waals surface area contributed by atoms with E-state index in [1.165, 1.54) is 11.3 Å². The van der Waals surface area contributed by atoms with E-state index in [2.05, 4.69) is 10.3 Å². The Balaban J connectivity index is 1.39. The highest BCUT2D eigenvalue weighted by Gasteiger charge is 2.60. The Labute approximate surface area is 169 Å². The summed E-state index contributed by atoms with van der Waals surface area (Å²) in [5.41, 5.74) is -0.637. The summed E-state index contributed by atoms with van der Waals surface area (Å²) in [4.78, 5) is 32.0. The summed E-state index contributed by atoms with van der Waals surface area (Å²) >= 11 is 1.46. The van der Waals surface area contributed by atoms with Crippen molar-refractivity contribution in [1.29, 1.82) is 0 Å². The van der Waals surface area contributed by atoms with Crippen LogP contribution >= 0.6 is 11.3 Å². The molecule has 3 heterocycles. The Hall–Kier alpha value is -2.15. The Morgan fingerprint density at radius 2 is 2.21 bits per heavy atom. The van der Waals surface area contributed by atoms with Crippen molar-refractivity contribution in [2.24, 2.45) is 5.92 Å². The molecule has 0 radical (unpaired) electrons. The maximum absolute atomic E-state index is 12.7. The van der Waals surface area contributed by atoms with Gasteiger partial charge in [0.05, 0.1) is 15.1 Å². The molecule has 2 amide bonds. The zero-order valence-electron chi connectivity index (χ0n) is 16.7. The van der Waals surface area contributed by atoms with Gasteiger partial charge in [-0.25, -0.2) is 4.79 Å². The van der Waals surface area contributed by atoms with Crippen LogP contribution in [-0.4, -0.2) is 46.1 Å². The number of carbonyl (C=O) groups is 2. The number of rotatable bonds is 3. The summed E-state index contributed by atoms with van der Waals surface area (Å²) in [6.07, 6.45) is 7.34. The molecule has 28 heavy (non-hydrogen) atoms. The molecule has 0 aromatic carbocycles. The maximum atomic E-state index is 12.7. The molecule has 0 bridgehead atoms. The second-order valence-corrected chi connectivity index (χ2v) is 9.91. The second kappa shape index (κ2) is 7.03. The predicted molar refractivity (Wildman–Crippen MR) is 110 cm³/mol. The van der Waals surface area contributed by atoms with E-state index in [1.807, 2.05) is 37.8 Å². The number of hydrogen-bond donors (Lipinski definition) is 1. The molecule has 2 aliphatic rings. The summed E-state index contributed by atoms with van der Waals surface area (Å²) < 4.78 is 6.64. The number of aromatic nitrogens is 1. The molecule has 1 saturated carbocycles. The number of likely N-dealkylation sites (tertiary alicyclic amines) is 1. The van der Waals surface area contributed by atoms with Gasteiger partial charge in [0, 0.05) is 31.4 Å². The minimum atomic E-state index is -0.496. The Morgan fingerprint density at radius 1 is 1.39 bits per heavy atom. The van der Waals surface area contributed by atoms with E-state index in [0.717, 1.165) is 42.3 Å². The lowest BCUT2D eigenvalue weighted by molar-refractivity contribution is 0.00326. The first-order chi connectivity index (χ1) is 13.3. The van der Waals surface area contributed by atoms with Crippen molar-refractivity contribution in [3.8, 4) is 0 Å². The lowest BCUT2D eigenvalue weighted by atomic mass is 9.98. The zero-order chi connectivity index (χ0) is 19.9. The Kier molecular flexibility index (Phi) is 4.81. The molecule has 1 saturated heterocycles. The molecule has 2 aromatic rings. The molecule has 1 N–H and O–H groups in total. The topological polar surface area (TPSA) is 71.5 Å². The fourth-order valence-corrected chi connectivity index (χ4v) is 5.16. The van der Waals surface area contributed by atoms with E-state index < -0.39 is 5.60 Å². The van der Waals surface area contributed by atoms with Gasteiger partial charge in [0.2, 0.25) is 0 Å². The number of nitrogens with one attached hydrogen (secondary N) is 1. The number of amides is 2. The molecule has 4 rings (SSSR count). The fourth-order valence-electron chi connectivity index (χ4n) is 4.21. The average Bonchev–Trinajstić information content (AvgIpc) is 3.12. The number of thiophene rings is 1. The molecule has 1 aliphatic heterocycles. The largest absolute Gasteiger partial charge is 0.444 e. The van der Waals surface area contributed by atoms with Crippen LogP contribution in [0.4, 0.5) is 4.79 Å². The van der Waals surface area contributed by atoms with Crippen LogP contribution < -0.4 is 5.32 Å². The van der Waals surface area contributed by atoms with Crippen LogP contribution in [0.1, 0.15) is 56.1 Å². The monoisotopic (exact) mass is 401 g/mol. The third-order valence-electron chi connectivity index (χ3n) is 5.65. The van der Waals surface area contributed by atoms with Gasteiger partial charge in [0.25, 0.3) is 5.91 Å². The highest BCUT2D eigenvalue weighted by atomic mass is 32.1. The first-order valence-corrected chi connectivity index (χ1v) is 10.7. The maximum Gasteiger partial charge on any atom is 0.410 e. The molecule has 2 atom stereocenters. The van der Waals surface area contributed by atoms with Crippen molar-refractivity contribution < 1.29 is 14.3 Å². The summed E-state index contributed by atoms with van der Waals surface area (Å²) in [7, 11) is 0. The van der Waals surface area contributed by atoms with E-state index in [0.29, 0.717) is 17.3 Å². The second-order valence-electron chi connectivity index (χ2n) is 8.83. The smallest absolute Gasteiger partial charge is 0.410 e. The summed E-state index contributed by atoms with van der Waals surface area (Å²) in [5.74, 6) is 0.239. The van der Waals surface area contributed by atoms with Gasteiger partial charge in [-0.1, -0.05) is 0 Å². The molecular weight excluding hydrogens is 374 g/mol. The van der Waals surface area contributed by atoms with Gasteiger partial charge in [-0.3, -0.25) is 9.78 Å². The summed E-state index contributed by atoms with van der Waals surface area (Å²) in [5, 5.41) is 4.11. The molecule has 7 heteroatoms. The molecule has 2 unspecified atom stereocenters. The summed E-state index contributed by atoms with van der Waals surface area (Å²) in [6.45, 7) is 7.01. The van der Waals surface area contributed by atoms with Gasteiger partial charge < -0.3 is 15.0 Å². The van der Waals surface area contributed by atoms with E-state index in [1.54, 1.807) is 12.4 Å². The first kappa shape index (κ1) is 19.2. The molecule has 2 aromatic heterocycles.